The van der Waals surface area contributed by atoms with Crippen molar-refractivity contribution in [3.8, 4) is 22.8 Å². The van der Waals surface area contributed by atoms with Crippen LogP contribution in [0.3, 0.4) is 0 Å². The van der Waals surface area contributed by atoms with Gasteiger partial charge in [0.25, 0.3) is 0 Å². The van der Waals surface area contributed by atoms with Crippen LogP contribution in [0.15, 0.2) is 128 Å². The maximum atomic E-state index is 6.54. The molecule has 5 aromatic carbocycles. The quantitative estimate of drug-likeness (QED) is 0.210. The maximum absolute atomic E-state index is 6.54. The van der Waals surface area contributed by atoms with Gasteiger partial charge in [0, 0.05) is 33.3 Å². The zero-order chi connectivity index (χ0) is 27.8. The molecule has 0 bridgehead atoms. The van der Waals surface area contributed by atoms with Crippen LogP contribution in [0.1, 0.15) is 5.69 Å². The minimum Gasteiger partial charge on any atom is -0.457 e. The molecule has 0 unspecified atom stereocenters. The molecule has 0 radical (unpaired) electrons. The number of hydrogen-bond acceptors (Lipinski definition) is 3. The summed E-state index contributed by atoms with van der Waals surface area (Å²) in [6, 6.07) is 40.0. The van der Waals surface area contributed by atoms with Gasteiger partial charge in [0.2, 0.25) is 0 Å². The molecule has 198 valence electrons. The van der Waals surface area contributed by atoms with Crippen LogP contribution < -0.4 is 4.74 Å². The Kier molecular flexibility index (Phi) is 4.75. The van der Waals surface area contributed by atoms with Crippen molar-refractivity contribution in [1.29, 1.82) is 0 Å². The van der Waals surface area contributed by atoms with Crippen LogP contribution in [-0.2, 0) is 0 Å². The van der Waals surface area contributed by atoms with Crippen molar-refractivity contribution in [2.75, 3.05) is 0 Å². The highest BCUT2D eigenvalue weighted by molar-refractivity contribution is 6.13. The summed E-state index contributed by atoms with van der Waals surface area (Å²) in [7, 11) is 0. The fourth-order valence-electron chi connectivity index (χ4n) is 6.43. The van der Waals surface area contributed by atoms with Crippen molar-refractivity contribution < 1.29 is 4.74 Å². The number of ether oxygens (including phenoxy) is 1. The van der Waals surface area contributed by atoms with Crippen molar-refractivity contribution in [1.82, 2.24) is 18.8 Å². The second-order valence-electron chi connectivity index (χ2n) is 10.8. The molecule has 0 spiro atoms. The van der Waals surface area contributed by atoms with Crippen molar-refractivity contribution in [2.24, 2.45) is 0 Å². The Balaban J connectivity index is 1.23. The summed E-state index contributed by atoms with van der Waals surface area (Å²) in [6.45, 7) is 2.03. The van der Waals surface area contributed by atoms with E-state index in [-0.39, 0.29) is 0 Å². The standard InChI is InChI=1S/C37H24N4O/c1-23-22-40-33-13-7-5-11-29(33)27-17-15-26(20-32(27)37(40)39-23)42-25-16-18-28-30-12-6-8-14-34(30)41-35(24-9-3-2-4-10-24)21-38-36(41)31(28)19-25/h2-22H,1H3. The van der Waals surface area contributed by atoms with E-state index in [0.29, 0.717) is 0 Å². The van der Waals surface area contributed by atoms with Crippen LogP contribution in [0.5, 0.6) is 11.5 Å². The second kappa shape index (κ2) is 8.66. The van der Waals surface area contributed by atoms with E-state index in [9.17, 15) is 0 Å². The molecule has 42 heavy (non-hydrogen) atoms. The number of aryl methyl sites for hydroxylation is 1. The van der Waals surface area contributed by atoms with Gasteiger partial charge >= 0.3 is 0 Å². The lowest BCUT2D eigenvalue weighted by Crippen LogP contribution is -1.94. The lowest BCUT2D eigenvalue weighted by Gasteiger charge is -2.13. The number of para-hydroxylation sites is 2. The van der Waals surface area contributed by atoms with Crippen LogP contribution in [-0.4, -0.2) is 18.8 Å². The molecule has 0 aliphatic heterocycles. The summed E-state index contributed by atoms with van der Waals surface area (Å²) in [4.78, 5) is 9.79. The topological polar surface area (TPSA) is 43.8 Å². The van der Waals surface area contributed by atoms with Gasteiger partial charge in [-0.05, 0) is 66.2 Å². The van der Waals surface area contributed by atoms with Crippen molar-refractivity contribution >= 4 is 54.6 Å². The molecule has 0 aliphatic carbocycles. The van der Waals surface area contributed by atoms with Crippen LogP contribution >= 0.6 is 0 Å². The van der Waals surface area contributed by atoms with Gasteiger partial charge in [0.05, 0.1) is 28.6 Å². The van der Waals surface area contributed by atoms with E-state index in [1.807, 2.05) is 31.3 Å². The first-order valence-electron chi connectivity index (χ1n) is 14.1. The minimum atomic E-state index is 0.764. The summed E-state index contributed by atoms with van der Waals surface area (Å²) in [5.41, 5.74) is 7.30. The number of benzene rings is 5. The fourth-order valence-corrected chi connectivity index (χ4v) is 6.43. The average Bonchev–Trinajstić information content (AvgIpc) is 3.66. The Hall–Kier alpha value is -5.68. The van der Waals surface area contributed by atoms with Crippen LogP contribution in [0.2, 0.25) is 0 Å². The average molecular weight is 541 g/mol. The molecule has 0 aliphatic rings. The first-order chi connectivity index (χ1) is 20.7. The van der Waals surface area contributed by atoms with Gasteiger partial charge in [0.15, 0.2) is 0 Å². The number of imidazole rings is 2. The number of fused-ring (bicyclic) bond motifs is 12. The van der Waals surface area contributed by atoms with Gasteiger partial charge in [0.1, 0.15) is 22.8 Å². The van der Waals surface area contributed by atoms with E-state index in [1.165, 1.54) is 10.8 Å². The third-order valence-electron chi connectivity index (χ3n) is 8.25. The smallest absolute Gasteiger partial charge is 0.145 e. The minimum absolute atomic E-state index is 0.764. The monoisotopic (exact) mass is 540 g/mol. The molecular weight excluding hydrogens is 516 g/mol. The summed E-state index contributed by atoms with van der Waals surface area (Å²) in [5, 5.41) is 6.79. The van der Waals surface area contributed by atoms with Gasteiger partial charge in [-0.15, -0.1) is 0 Å². The number of nitrogens with zero attached hydrogens (tertiary/aromatic N) is 4. The van der Waals surface area contributed by atoms with E-state index >= 15 is 0 Å². The molecule has 4 heterocycles. The van der Waals surface area contributed by atoms with E-state index < -0.39 is 0 Å². The van der Waals surface area contributed by atoms with Crippen molar-refractivity contribution in [2.45, 2.75) is 6.92 Å². The van der Waals surface area contributed by atoms with E-state index in [2.05, 4.69) is 112 Å². The molecule has 9 aromatic rings. The molecule has 0 atom stereocenters. The van der Waals surface area contributed by atoms with Crippen molar-refractivity contribution in [3.63, 3.8) is 0 Å². The van der Waals surface area contributed by atoms with Crippen LogP contribution in [0, 0.1) is 6.92 Å². The summed E-state index contributed by atoms with van der Waals surface area (Å²) >= 11 is 0. The molecule has 4 aromatic heterocycles. The summed E-state index contributed by atoms with van der Waals surface area (Å²) in [6.07, 6.45) is 4.06. The zero-order valence-corrected chi connectivity index (χ0v) is 22.8. The lowest BCUT2D eigenvalue weighted by molar-refractivity contribution is 0.484. The van der Waals surface area contributed by atoms with Crippen LogP contribution in [0.4, 0.5) is 0 Å². The Morgan fingerprint density at radius 1 is 0.571 bits per heavy atom. The highest BCUT2D eigenvalue weighted by Crippen LogP contribution is 2.37. The summed E-state index contributed by atoms with van der Waals surface area (Å²) in [5.74, 6) is 1.53. The molecule has 9 rings (SSSR count). The molecular formula is C37H24N4O. The predicted octanol–water partition coefficient (Wildman–Crippen LogP) is 9.36. The molecule has 5 nitrogen and oxygen atoms in total. The molecule has 0 saturated carbocycles. The van der Waals surface area contributed by atoms with E-state index in [1.54, 1.807) is 0 Å². The maximum Gasteiger partial charge on any atom is 0.145 e. The lowest BCUT2D eigenvalue weighted by atomic mass is 10.0. The molecule has 0 saturated heterocycles. The van der Waals surface area contributed by atoms with Crippen molar-refractivity contribution in [3.05, 3.63) is 133 Å². The number of aromatic nitrogens is 4. The number of rotatable bonds is 3. The highest BCUT2D eigenvalue weighted by Gasteiger charge is 2.16. The van der Waals surface area contributed by atoms with E-state index in [4.69, 9.17) is 14.7 Å². The van der Waals surface area contributed by atoms with Gasteiger partial charge in [-0.2, -0.15) is 0 Å². The Morgan fingerprint density at radius 3 is 1.93 bits per heavy atom. The van der Waals surface area contributed by atoms with E-state index in [0.717, 1.165) is 72.3 Å². The van der Waals surface area contributed by atoms with Gasteiger partial charge in [-0.3, -0.25) is 8.80 Å². The Labute approximate surface area is 240 Å². The molecule has 5 heteroatoms. The highest BCUT2D eigenvalue weighted by atomic mass is 16.5. The normalized spacial score (nSPS) is 11.9. The van der Waals surface area contributed by atoms with Gasteiger partial charge in [-0.1, -0.05) is 66.7 Å². The largest absolute Gasteiger partial charge is 0.457 e. The third kappa shape index (κ3) is 3.31. The SMILES string of the molecule is Cc1cn2c3ccccc3c3ccc(Oc4ccc5c6ccccc6n6c(-c7ccccc7)cnc6c5c4)cc3c2n1. The summed E-state index contributed by atoms with van der Waals surface area (Å²) < 4.78 is 11.0. The second-order valence-corrected chi connectivity index (χ2v) is 10.8. The van der Waals surface area contributed by atoms with Crippen LogP contribution in [0.25, 0.3) is 65.9 Å². The number of pyridine rings is 2. The number of hydrogen-bond donors (Lipinski definition) is 0. The first kappa shape index (κ1) is 23.1. The predicted molar refractivity (Wildman–Crippen MR) is 171 cm³/mol. The molecule has 0 N–H and O–H groups in total. The Bertz CT molecular complexity index is 2510. The fraction of sp³-hybridized carbons (Fsp3) is 0.0270. The Morgan fingerprint density at radius 2 is 1.19 bits per heavy atom. The zero-order valence-electron chi connectivity index (χ0n) is 22.8. The van der Waals surface area contributed by atoms with Gasteiger partial charge in [-0.25, -0.2) is 9.97 Å². The molecule has 0 fully saturated rings. The third-order valence-corrected chi connectivity index (χ3v) is 8.25. The van der Waals surface area contributed by atoms with Gasteiger partial charge < -0.3 is 4.74 Å². The first-order valence-corrected chi connectivity index (χ1v) is 14.1. The molecule has 0 amide bonds.